The number of aromatic nitrogens is 1. The Labute approximate surface area is 90.0 Å². The zero-order valence-corrected chi connectivity index (χ0v) is 9.54. The van der Waals surface area contributed by atoms with E-state index in [1.54, 1.807) is 0 Å². The SMILES string of the molecule is CCOC(=O)c1cc(C)c(C)n1C1CC1. The molecule has 82 valence electrons. The fourth-order valence-corrected chi connectivity index (χ4v) is 1.92. The van der Waals surface area contributed by atoms with Crippen molar-refractivity contribution in [1.29, 1.82) is 0 Å². The van der Waals surface area contributed by atoms with Crippen molar-refractivity contribution in [1.82, 2.24) is 4.57 Å². The van der Waals surface area contributed by atoms with Crippen molar-refractivity contribution in [2.75, 3.05) is 6.61 Å². The molecule has 1 aromatic heterocycles. The van der Waals surface area contributed by atoms with Crippen molar-refractivity contribution >= 4 is 5.97 Å². The van der Waals surface area contributed by atoms with Crippen LogP contribution in [0, 0.1) is 13.8 Å². The predicted octanol–water partition coefficient (Wildman–Crippen LogP) is 2.62. The molecule has 0 N–H and O–H groups in total. The molecule has 0 aliphatic heterocycles. The minimum Gasteiger partial charge on any atom is -0.461 e. The highest BCUT2D eigenvalue weighted by atomic mass is 16.5. The first-order valence-electron chi connectivity index (χ1n) is 5.50. The summed E-state index contributed by atoms with van der Waals surface area (Å²) in [5, 5.41) is 0. The molecule has 1 heterocycles. The summed E-state index contributed by atoms with van der Waals surface area (Å²) in [5.74, 6) is -0.194. The number of aryl methyl sites for hydroxylation is 1. The smallest absolute Gasteiger partial charge is 0.354 e. The lowest BCUT2D eigenvalue weighted by molar-refractivity contribution is 0.0513. The maximum absolute atomic E-state index is 11.7. The second kappa shape index (κ2) is 3.72. The third-order valence-electron chi connectivity index (χ3n) is 2.94. The fraction of sp³-hybridized carbons (Fsp3) is 0.583. The van der Waals surface area contributed by atoms with Crippen LogP contribution in [0.15, 0.2) is 6.07 Å². The Bertz CT molecular complexity index is 389. The molecular formula is C12H17NO2. The summed E-state index contributed by atoms with van der Waals surface area (Å²) in [6.07, 6.45) is 2.36. The zero-order valence-electron chi connectivity index (χ0n) is 9.54. The number of ether oxygens (including phenoxy) is 1. The molecule has 0 amide bonds. The summed E-state index contributed by atoms with van der Waals surface area (Å²) in [4.78, 5) is 11.7. The monoisotopic (exact) mass is 207 g/mol. The molecule has 3 nitrogen and oxygen atoms in total. The molecule has 1 aromatic rings. The first kappa shape index (κ1) is 10.3. The van der Waals surface area contributed by atoms with Crippen LogP contribution in [0.3, 0.4) is 0 Å². The van der Waals surface area contributed by atoms with Crippen molar-refractivity contribution in [3.63, 3.8) is 0 Å². The summed E-state index contributed by atoms with van der Waals surface area (Å²) < 4.78 is 7.19. The van der Waals surface area contributed by atoms with E-state index in [1.165, 1.54) is 24.1 Å². The minimum absolute atomic E-state index is 0.194. The van der Waals surface area contributed by atoms with Crippen LogP contribution in [0.5, 0.6) is 0 Å². The molecule has 1 saturated carbocycles. The van der Waals surface area contributed by atoms with Crippen molar-refractivity contribution in [3.05, 3.63) is 23.0 Å². The Morgan fingerprint density at radius 2 is 2.20 bits per heavy atom. The van der Waals surface area contributed by atoms with Crippen LogP contribution in [0.4, 0.5) is 0 Å². The van der Waals surface area contributed by atoms with Crippen LogP contribution < -0.4 is 0 Å². The number of hydrogen-bond acceptors (Lipinski definition) is 2. The van der Waals surface area contributed by atoms with Crippen LogP contribution in [0.1, 0.15) is 47.6 Å². The summed E-state index contributed by atoms with van der Waals surface area (Å²) in [6, 6.07) is 2.46. The average molecular weight is 207 g/mol. The van der Waals surface area contributed by atoms with E-state index < -0.39 is 0 Å². The summed E-state index contributed by atoms with van der Waals surface area (Å²) in [6.45, 7) is 6.38. The summed E-state index contributed by atoms with van der Waals surface area (Å²) in [7, 11) is 0. The molecule has 3 heteroatoms. The lowest BCUT2D eigenvalue weighted by atomic mass is 10.3. The second-order valence-electron chi connectivity index (χ2n) is 4.12. The van der Waals surface area contributed by atoms with Crippen LogP contribution in [0.2, 0.25) is 0 Å². The average Bonchev–Trinajstić information content (AvgIpc) is 2.97. The van der Waals surface area contributed by atoms with E-state index in [0.29, 0.717) is 18.3 Å². The van der Waals surface area contributed by atoms with Crippen molar-refractivity contribution < 1.29 is 9.53 Å². The van der Waals surface area contributed by atoms with Crippen LogP contribution in [-0.2, 0) is 4.74 Å². The van der Waals surface area contributed by atoms with Gasteiger partial charge in [-0.15, -0.1) is 0 Å². The van der Waals surface area contributed by atoms with E-state index in [2.05, 4.69) is 11.5 Å². The Balaban J connectivity index is 2.37. The van der Waals surface area contributed by atoms with E-state index in [1.807, 2.05) is 19.9 Å². The lowest BCUT2D eigenvalue weighted by Gasteiger charge is -2.09. The van der Waals surface area contributed by atoms with E-state index in [0.717, 1.165) is 0 Å². The molecule has 2 rings (SSSR count). The highest BCUT2D eigenvalue weighted by Gasteiger charge is 2.29. The number of nitrogens with zero attached hydrogens (tertiary/aromatic N) is 1. The molecule has 1 fully saturated rings. The van der Waals surface area contributed by atoms with Crippen LogP contribution >= 0.6 is 0 Å². The summed E-state index contributed by atoms with van der Waals surface area (Å²) in [5.41, 5.74) is 3.08. The van der Waals surface area contributed by atoms with E-state index >= 15 is 0 Å². The predicted molar refractivity (Wildman–Crippen MR) is 58.1 cm³/mol. The maximum Gasteiger partial charge on any atom is 0.354 e. The fourth-order valence-electron chi connectivity index (χ4n) is 1.92. The van der Waals surface area contributed by atoms with Gasteiger partial charge in [0.25, 0.3) is 0 Å². The van der Waals surface area contributed by atoms with E-state index in [-0.39, 0.29) is 5.97 Å². The van der Waals surface area contributed by atoms with Gasteiger partial charge in [-0.1, -0.05) is 0 Å². The highest BCUT2D eigenvalue weighted by Crippen LogP contribution is 2.38. The van der Waals surface area contributed by atoms with Gasteiger partial charge in [-0.3, -0.25) is 0 Å². The molecule has 15 heavy (non-hydrogen) atoms. The van der Waals surface area contributed by atoms with Gasteiger partial charge in [-0.2, -0.15) is 0 Å². The number of hydrogen-bond donors (Lipinski definition) is 0. The molecule has 1 aliphatic carbocycles. The number of rotatable bonds is 3. The molecule has 0 radical (unpaired) electrons. The first-order valence-corrected chi connectivity index (χ1v) is 5.50. The number of carbonyl (C=O) groups excluding carboxylic acids is 1. The standard InChI is InChI=1S/C12H17NO2/c1-4-15-12(14)11-7-8(2)9(3)13(11)10-5-6-10/h7,10H,4-6H2,1-3H3. The Hall–Kier alpha value is -1.25. The molecule has 0 bridgehead atoms. The van der Waals surface area contributed by atoms with Gasteiger partial charge in [0.1, 0.15) is 5.69 Å². The zero-order chi connectivity index (χ0) is 11.0. The molecule has 0 spiro atoms. The third kappa shape index (κ3) is 1.78. The van der Waals surface area contributed by atoms with Gasteiger partial charge in [0.2, 0.25) is 0 Å². The lowest BCUT2D eigenvalue weighted by Crippen LogP contribution is -2.12. The molecule has 0 saturated heterocycles. The van der Waals surface area contributed by atoms with E-state index in [9.17, 15) is 4.79 Å². The van der Waals surface area contributed by atoms with Gasteiger partial charge >= 0.3 is 5.97 Å². The van der Waals surface area contributed by atoms with Crippen LogP contribution in [0.25, 0.3) is 0 Å². The minimum atomic E-state index is -0.194. The molecule has 0 unspecified atom stereocenters. The van der Waals surface area contributed by atoms with Crippen molar-refractivity contribution in [2.24, 2.45) is 0 Å². The van der Waals surface area contributed by atoms with Crippen molar-refractivity contribution in [3.8, 4) is 0 Å². The van der Waals surface area contributed by atoms with E-state index in [4.69, 9.17) is 4.74 Å². The number of esters is 1. The van der Waals surface area contributed by atoms with Gasteiger partial charge < -0.3 is 9.30 Å². The highest BCUT2D eigenvalue weighted by molar-refractivity contribution is 5.88. The molecule has 0 aromatic carbocycles. The molecular weight excluding hydrogens is 190 g/mol. The molecule has 1 aliphatic rings. The maximum atomic E-state index is 11.7. The van der Waals surface area contributed by atoms with Gasteiger partial charge in [-0.05, 0) is 45.2 Å². The Morgan fingerprint density at radius 3 is 2.73 bits per heavy atom. The second-order valence-corrected chi connectivity index (χ2v) is 4.12. The Kier molecular flexibility index (Phi) is 2.55. The Morgan fingerprint density at radius 1 is 1.53 bits per heavy atom. The quantitative estimate of drug-likeness (QED) is 0.713. The van der Waals surface area contributed by atoms with Crippen molar-refractivity contribution in [2.45, 2.75) is 39.7 Å². The topological polar surface area (TPSA) is 31.2 Å². The van der Waals surface area contributed by atoms with Gasteiger partial charge in [0.05, 0.1) is 6.61 Å². The first-order chi connectivity index (χ1) is 7.15. The third-order valence-corrected chi connectivity index (χ3v) is 2.94. The normalized spacial score (nSPS) is 15.4. The summed E-state index contributed by atoms with van der Waals surface area (Å²) >= 11 is 0. The molecule has 0 atom stereocenters. The van der Waals surface area contributed by atoms with Gasteiger partial charge in [-0.25, -0.2) is 4.79 Å². The van der Waals surface area contributed by atoms with Gasteiger partial charge in [0, 0.05) is 11.7 Å². The van der Waals surface area contributed by atoms with Gasteiger partial charge in [0.15, 0.2) is 0 Å². The largest absolute Gasteiger partial charge is 0.461 e. The number of carbonyl (C=O) groups is 1. The van der Waals surface area contributed by atoms with Crippen LogP contribution in [-0.4, -0.2) is 17.1 Å².